The summed E-state index contributed by atoms with van der Waals surface area (Å²) in [6, 6.07) is 7.65. The average Bonchev–Trinajstić information content (AvgIpc) is 3.07. The first kappa shape index (κ1) is 15.6. The molecule has 1 saturated heterocycles. The van der Waals surface area contributed by atoms with Gasteiger partial charge in [-0.05, 0) is 25.0 Å². The first-order valence-corrected chi connectivity index (χ1v) is 8.87. The monoisotopic (exact) mass is 328 g/mol. The van der Waals surface area contributed by atoms with Gasteiger partial charge < -0.3 is 10.6 Å². The fraction of sp³-hybridized carbons (Fsp3) is 0.556. The Balaban J connectivity index is 1.68. The van der Waals surface area contributed by atoms with Gasteiger partial charge >= 0.3 is 0 Å². The van der Waals surface area contributed by atoms with Crippen LogP contribution in [0.3, 0.4) is 0 Å². The van der Waals surface area contributed by atoms with Crippen molar-refractivity contribution < 1.29 is 9.59 Å². The minimum absolute atomic E-state index is 0.0210. The molecule has 2 aliphatic heterocycles. The van der Waals surface area contributed by atoms with E-state index in [0.29, 0.717) is 6.54 Å². The van der Waals surface area contributed by atoms with Crippen LogP contribution in [0, 0.1) is 0 Å². The second-order valence-electron chi connectivity index (χ2n) is 6.97. The number of para-hydroxylation sites is 2. The Morgan fingerprint density at radius 3 is 2.58 bits per heavy atom. The van der Waals surface area contributed by atoms with Crippen molar-refractivity contribution in [2.24, 2.45) is 0 Å². The van der Waals surface area contributed by atoms with Gasteiger partial charge in [-0.3, -0.25) is 19.4 Å². The van der Waals surface area contributed by atoms with Crippen LogP contribution < -0.4 is 15.5 Å². The minimum atomic E-state index is -0.695. The van der Waals surface area contributed by atoms with E-state index in [-0.39, 0.29) is 11.8 Å². The molecule has 0 radical (unpaired) electrons. The number of fused-ring (bicyclic) bond motifs is 1. The molecule has 6 heteroatoms. The third-order valence-corrected chi connectivity index (χ3v) is 5.49. The van der Waals surface area contributed by atoms with Crippen molar-refractivity contribution in [3.05, 3.63) is 24.3 Å². The van der Waals surface area contributed by atoms with Crippen molar-refractivity contribution in [1.82, 2.24) is 10.2 Å². The van der Waals surface area contributed by atoms with Crippen molar-refractivity contribution in [2.75, 3.05) is 42.9 Å². The smallest absolute Gasteiger partial charge is 0.250 e. The molecule has 1 saturated carbocycles. The third-order valence-electron chi connectivity index (χ3n) is 5.49. The molecule has 3 aliphatic rings. The van der Waals surface area contributed by atoms with Gasteiger partial charge in [0, 0.05) is 26.2 Å². The lowest BCUT2D eigenvalue weighted by Crippen LogP contribution is -2.62. The Kier molecular flexibility index (Phi) is 4.02. The zero-order chi connectivity index (χ0) is 16.6. The van der Waals surface area contributed by atoms with Gasteiger partial charge in [-0.2, -0.15) is 0 Å². The van der Waals surface area contributed by atoms with Crippen LogP contribution in [0.2, 0.25) is 0 Å². The molecule has 2 amide bonds. The molecule has 2 fully saturated rings. The highest BCUT2D eigenvalue weighted by Gasteiger charge is 2.52. The summed E-state index contributed by atoms with van der Waals surface area (Å²) in [6.45, 7) is 3.96. The van der Waals surface area contributed by atoms with Crippen molar-refractivity contribution in [3.63, 3.8) is 0 Å². The summed E-state index contributed by atoms with van der Waals surface area (Å²) in [5.74, 6) is 0.0217. The largest absolute Gasteiger partial charge is 0.322 e. The Morgan fingerprint density at radius 1 is 1.12 bits per heavy atom. The second-order valence-corrected chi connectivity index (χ2v) is 6.97. The molecule has 1 aromatic rings. The van der Waals surface area contributed by atoms with Gasteiger partial charge in [0.05, 0.1) is 17.9 Å². The van der Waals surface area contributed by atoms with Gasteiger partial charge in [-0.25, -0.2) is 0 Å². The van der Waals surface area contributed by atoms with Crippen LogP contribution in [0.1, 0.15) is 25.7 Å². The second kappa shape index (κ2) is 6.18. The number of nitrogens with one attached hydrogen (secondary N) is 2. The van der Waals surface area contributed by atoms with Crippen LogP contribution in [0.15, 0.2) is 24.3 Å². The summed E-state index contributed by atoms with van der Waals surface area (Å²) in [5.41, 5.74) is 0.896. The van der Waals surface area contributed by atoms with Gasteiger partial charge in [0.2, 0.25) is 5.91 Å². The molecule has 1 aromatic carbocycles. The molecule has 0 aromatic heterocycles. The van der Waals surface area contributed by atoms with E-state index in [1.165, 1.54) is 0 Å². The van der Waals surface area contributed by atoms with Crippen LogP contribution in [0.4, 0.5) is 11.4 Å². The Hall–Kier alpha value is -1.92. The number of hydrogen-bond donors (Lipinski definition) is 2. The van der Waals surface area contributed by atoms with E-state index in [0.717, 1.165) is 63.2 Å². The van der Waals surface area contributed by atoms with Crippen LogP contribution in [0.25, 0.3) is 0 Å². The lowest BCUT2D eigenvalue weighted by atomic mass is 9.89. The van der Waals surface area contributed by atoms with E-state index < -0.39 is 5.54 Å². The molecule has 2 N–H and O–H groups in total. The fourth-order valence-electron chi connectivity index (χ4n) is 4.26. The number of nitrogens with zero attached hydrogens (tertiary/aromatic N) is 2. The molecule has 1 spiro atoms. The topological polar surface area (TPSA) is 64.7 Å². The SMILES string of the molecule is O=C(CN1CCNCC1)N1c2ccccc2NC(=O)C12CCCC2. The zero-order valence-corrected chi connectivity index (χ0v) is 13.9. The maximum atomic E-state index is 13.2. The molecule has 0 bridgehead atoms. The predicted octanol–water partition coefficient (Wildman–Crippen LogP) is 1.19. The lowest BCUT2D eigenvalue weighted by Gasteiger charge is -2.45. The molecular weight excluding hydrogens is 304 g/mol. The van der Waals surface area contributed by atoms with E-state index in [4.69, 9.17) is 0 Å². The van der Waals surface area contributed by atoms with E-state index in [1.54, 1.807) is 0 Å². The lowest BCUT2D eigenvalue weighted by molar-refractivity contribution is -0.128. The molecule has 0 atom stereocenters. The molecule has 128 valence electrons. The van der Waals surface area contributed by atoms with Crippen molar-refractivity contribution in [1.29, 1.82) is 0 Å². The van der Waals surface area contributed by atoms with Gasteiger partial charge in [-0.15, -0.1) is 0 Å². The normalized spacial score (nSPS) is 23.2. The molecule has 0 unspecified atom stereocenters. The Bertz CT molecular complexity index is 648. The zero-order valence-electron chi connectivity index (χ0n) is 13.9. The molecule has 6 nitrogen and oxygen atoms in total. The van der Waals surface area contributed by atoms with E-state index in [9.17, 15) is 9.59 Å². The number of benzene rings is 1. The van der Waals surface area contributed by atoms with Crippen molar-refractivity contribution in [2.45, 2.75) is 31.2 Å². The molecular formula is C18H24N4O2. The number of anilines is 2. The quantitative estimate of drug-likeness (QED) is 0.856. The minimum Gasteiger partial charge on any atom is -0.322 e. The van der Waals surface area contributed by atoms with E-state index >= 15 is 0 Å². The summed E-state index contributed by atoms with van der Waals surface area (Å²) >= 11 is 0. The van der Waals surface area contributed by atoms with Crippen molar-refractivity contribution >= 4 is 23.2 Å². The van der Waals surface area contributed by atoms with Crippen LogP contribution in [-0.4, -0.2) is 55.0 Å². The van der Waals surface area contributed by atoms with Crippen LogP contribution >= 0.6 is 0 Å². The number of carbonyl (C=O) groups is 2. The molecule has 4 rings (SSSR count). The Labute approximate surface area is 142 Å². The van der Waals surface area contributed by atoms with Gasteiger partial charge in [0.1, 0.15) is 5.54 Å². The standard InChI is InChI=1S/C18H24N4O2/c23-16(13-21-11-9-19-10-12-21)22-15-6-2-1-5-14(15)20-17(24)18(22)7-3-4-8-18/h1-2,5-6,19H,3-4,7-13H2,(H,20,24). The Morgan fingerprint density at radius 2 is 1.83 bits per heavy atom. The third kappa shape index (κ3) is 2.50. The maximum absolute atomic E-state index is 13.2. The number of piperazine rings is 1. The van der Waals surface area contributed by atoms with Crippen molar-refractivity contribution in [3.8, 4) is 0 Å². The number of hydrogen-bond acceptors (Lipinski definition) is 4. The highest BCUT2D eigenvalue weighted by atomic mass is 16.2. The van der Waals surface area contributed by atoms with Crippen LogP contribution in [-0.2, 0) is 9.59 Å². The first-order valence-electron chi connectivity index (χ1n) is 8.87. The van der Waals surface area contributed by atoms with E-state index in [2.05, 4.69) is 15.5 Å². The van der Waals surface area contributed by atoms with Crippen LogP contribution in [0.5, 0.6) is 0 Å². The summed E-state index contributed by atoms with van der Waals surface area (Å²) in [7, 11) is 0. The number of rotatable bonds is 2. The summed E-state index contributed by atoms with van der Waals surface area (Å²) in [4.78, 5) is 30.1. The first-order chi connectivity index (χ1) is 11.7. The summed E-state index contributed by atoms with van der Waals surface area (Å²) < 4.78 is 0. The molecule has 2 heterocycles. The van der Waals surface area contributed by atoms with Gasteiger partial charge in [-0.1, -0.05) is 25.0 Å². The average molecular weight is 328 g/mol. The van der Waals surface area contributed by atoms with E-state index in [1.807, 2.05) is 29.2 Å². The number of carbonyl (C=O) groups excluding carboxylic acids is 2. The van der Waals surface area contributed by atoms with Gasteiger partial charge in [0.25, 0.3) is 5.91 Å². The summed E-state index contributed by atoms with van der Waals surface area (Å²) in [6.07, 6.45) is 3.49. The molecule has 24 heavy (non-hydrogen) atoms. The predicted molar refractivity (Wildman–Crippen MR) is 93.1 cm³/mol. The summed E-state index contributed by atoms with van der Waals surface area (Å²) in [5, 5.41) is 6.33. The van der Waals surface area contributed by atoms with Gasteiger partial charge in [0.15, 0.2) is 0 Å². The fourth-order valence-corrected chi connectivity index (χ4v) is 4.26. The highest BCUT2D eigenvalue weighted by molar-refractivity contribution is 6.15. The highest BCUT2D eigenvalue weighted by Crippen LogP contribution is 2.45. The number of amides is 2. The molecule has 1 aliphatic carbocycles. The maximum Gasteiger partial charge on any atom is 0.250 e.